The Hall–Kier alpha value is -2.90. The molecule has 1 atom stereocenters. The standard InChI is InChI=1S/C9H10O4.4CH3N/c1-9(8(12)13)4-2-3-6(5-9)7(10)11;4*1-2/h2-4H,5H2,1H3,(H,10,11)(H,12,13);4*2H,1H2. The van der Waals surface area contributed by atoms with Crippen LogP contribution in [0.3, 0.4) is 0 Å². The molecule has 0 heterocycles. The number of rotatable bonds is 2. The average molecular weight is 298 g/mol. The Kier molecular flexibility index (Phi) is 21.7. The van der Waals surface area contributed by atoms with Crippen molar-refractivity contribution in [2.24, 2.45) is 5.41 Å². The third-order valence-electron chi connectivity index (χ3n) is 2.08. The molecule has 118 valence electrons. The van der Waals surface area contributed by atoms with Gasteiger partial charge < -0.3 is 31.9 Å². The normalized spacial score (nSPS) is 17.3. The minimum absolute atomic E-state index is 0.0359. The largest absolute Gasteiger partial charge is 0.481 e. The monoisotopic (exact) mass is 298 g/mol. The molecule has 0 spiro atoms. The van der Waals surface area contributed by atoms with E-state index in [1.165, 1.54) is 25.2 Å². The molecule has 0 saturated carbocycles. The quantitative estimate of drug-likeness (QED) is 0.429. The number of nitrogens with one attached hydrogen (secondary N) is 4. The van der Waals surface area contributed by atoms with Crippen LogP contribution in [0.1, 0.15) is 13.3 Å². The van der Waals surface area contributed by atoms with Crippen LogP contribution in [0.5, 0.6) is 0 Å². The van der Waals surface area contributed by atoms with Crippen molar-refractivity contribution in [1.29, 1.82) is 21.6 Å². The number of allylic oxidation sites excluding steroid dienone is 2. The lowest BCUT2D eigenvalue weighted by Gasteiger charge is -2.23. The molecule has 0 radical (unpaired) electrons. The summed E-state index contributed by atoms with van der Waals surface area (Å²) in [6, 6.07) is 0. The molecule has 21 heavy (non-hydrogen) atoms. The summed E-state index contributed by atoms with van der Waals surface area (Å²) < 4.78 is 0. The summed E-state index contributed by atoms with van der Waals surface area (Å²) in [7, 11) is 0. The summed E-state index contributed by atoms with van der Waals surface area (Å²) in [6.07, 6.45) is 4.43. The fourth-order valence-electron chi connectivity index (χ4n) is 1.18. The van der Waals surface area contributed by atoms with Crippen LogP contribution in [0.4, 0.5) is 0 Å². The molecule has 0 saturated heterocycles. The third-order valence-corrected chi connectivity index (χ3v) is 2.08. The molecule has 1 rings (SSSR count). The molecule has 0 fully saturated rings. The Morgan fingerprint density at radius 2 is 1.43 bits per heavy atom. The van der Waals surface area contributed by atoms with Crippen molar-refractivity contribution in [2.45, 2.75) is 13.3 Å². The van der Waals surface area contributed by atoms with Crippen LogP contribution in [0.15, 0.2) is 23.8 Å². The zero-order valence-corrected chi connectivity index (χ0v) is 12.0. The van der Waals surface area contributed by atoms with E-state index in [0.29, 0.717) is 0 Å². The summed E-state index contributed by atoms with van der Waals surface area (Å²) in [5.41, 5.74) is -0.949. The van der Waals surface area contributed by atoms with Gasteiger partial charge in [-0.1, -0.05) is 18.2 Å². The molecule has 0 aromatic carbocycles. The molecule has 1 aliphatic rings. The van der Waals surface area contributed by atoms with E-state index in [-0.39, 0.29) is 12.0 Å². The summed E-state index contributed by atoms with van der Waals surface area (Å²) in [6.45, 7) is 11.5. The van der Waals surface area contributed by atoms with Gasteiger partial charge in [0.25, 0.3) is 0 Å². The number of hydrogen-bond acceptors (Lipinski definition) is 6. The zero-order chi connectivity index (χ0) is 18.1. The molecule has 6 N–H and O–H groups in total. The first-order valence-corrected chi connectivity index (χ1v) is 5.22. The van der Waals surface area contributed by atoms with Crippen molar-refractivity contribution in [3.63, 3.8) is 0 Å². The highest BCUT2D eigenvalue weighted by atomic mass is 16.4. The molecule has 0 aliphatic heterocycles. The van der Waals surface area contributed by atoms with Crippen molar-refractivity contribution in [3.05, 3.63) is 23.8 Å². The van der Waals surface area contributed by atoms with Gasteiger partial charge in [-0.25, -0.2) is 4.79 Å². The first kappa shape index (κ1) is 26.6. The lowest BCUT2D eigenvalue weighted by atomic mass is 9.80. The van der Waals surface area contributed by atoms with Gasteiger partial charge in [0.05, 0.1) is 5.41 Å². The molecule has 8 nitrogen and oxygen atoms in total. The fourth-order valence-corrected chi connectivity index (χ4v) is 1.18. The summed E-state index contributed by atoms with van der Waals surface area (Å²) in [5, 5.41) is 39.5. The number of hydrogen-bond donors (Lipinski definition) is 6. The Bertz CT molecular complexity index is 374. The minimum atomic E-state index is -1.08. The molecular weight excluding hydrogens is 276 g/mol. The maximum atomic E-state index is 10.8. The van der Waals surface area contributed by atoms with Gasteiger partial charge in [-0.05, 0) is 40.2 Å². The minimum Gasteiger partial charge on any atom is -0.481 e. The first-order valence-electron chi connectivity index (χ1n) is 5.22. The predicted octanol–water partition coefficient (Wildman–Crippen LogP) is 2.11. The highest BCUT2D eigenvalue weighted by Gasteiger charge is 2.34. The Morgan fingerprint density at radius 3 is 1.71 bits per heavy atom. The topological polar surface area (TPSA) is 170 Å². The number of carboxylic acids is 2. The maximum absolute atomic E-state index is 10.8. The summed E-state index contributed by atoms with van der Waals surface area (Å²) in [4.78, 5) is 21.3. The van der Waals surface area contributed by atoms with Crippen LogP contribution >= 0.6 is 0 Å². The Morgan fingerprint density at radius 1 is 1.05 bits per heavy atom. The van der Waals surface area contributed by atoms with E-state index in [2.05, 4.69) is 26.9 Å². The van der Waals surface area contributed by atoms with Gasteiger partial charge in [0.15, 0.2) is 0 Å². The van der Waals surface area contributed by atoms with Gasteiger partial charge in [0.1, 0.15) is 0 Å². The van der Waals surface area contributed by atoms with Crippen LogP contribution < -0.4 is 0 Å². The third kappa shape index (κ3) is 10.7. The van der Waals surface area contributed by atoms with Gasteiger partial charge >= 0.3 is 11.9 Å². The Labute approximate surface area is 123 Å². The average Bonchev–Trinajstić information content (AvgIpc) is 2.55. The second kappa shape index (κ2) is 17.1. The van der Waals surface area contributed by atoms with E-state index < -0.39 is 17.4 Å². The molecule has 0 amide bonds. The fraction of sp³-hybridized carbons (Fsp3) is 0.231. The van der Waals surface area contributed by atoms with E-state index in [4.69, 9.17) is 31.9 Å². The maximum Gasteiger partial charge on any atom is 0.331 e. The highest BCUT2D eigenvalue weighted by Crippen LogP contribution is 2.31. The molecule has 0 aromatic rings. The molecule has 1 unspecified atom stereocenters. The number of carboxylic acid groups (broad SMARTS) is 2. The zero-order valence-electron chi connectivity index (χ0n) is 12.0. The van der Waals surface area contributed by atoms with Gasteiger partial charge in [-0.15, -0.1) is 0 Å². The second-order valence-electron chi connectivity index (χ2n) is 3.26. The predicted molar refractivity (Wildman–Crippen MR) is 84.6 cm³/mol. The summed E-state index contributed by atoms with van der Waals surface area (Å²) in [5.74, 6) is -2.06. The molecular formula is C13H22N4O4. The van der Waals surface area contributed by atoms with E-state index in [1.807, 2.05) is 0 Å². The van der Waals surface area contributed by atoms with Crippen molar-refractivity contribution in [1.82, 2.24) is 0 Å². The molecule has 0 bridgehead atoms. The van der Waals surface area contributed by atoms with Crippen molar-refractivity contribution in [2.75, 3.05) is 0 Å². The second-order valence-corrected chi connectivity index (χ2v) is 3.26. The lowest BCUT2D eigenvalue weighted by molar-refractivity contribution is -0.145. The van der Waals surface area contributed by atoms with E-state index >= 15 is 0 Å². The molecule has 0 aromatic heterocycles. The van der Waals surface area contributed by atoms with E-state index in [0.717, 1.165) is 0 Å². The van der Waals surface area contributed by atoms with Crippen molar-refractivity contribution >= 4 is 38.8 Å². The van der Waals surface area contributed by atoms with Gasteiger partial charge in [0, 0.05) is 5.57 Å². The number of carbonyl (C=O) groups is 2. The van der Waals surface area contributed by atoms with Gasteiger partial charge in [-0.3, -0.25) is 4.79 Å². The van der Waals surface area contributed by atoms with Crippen LogP contribution in [-0.2, 0) is 9.59 Å². The van der Waals surface area contributed by atoms with Crippen molar-refractivity contribution in [3.8, 4) is 0 Å². The van der Waals surface area contributed by atoms with Gasteiger partial charge in [-0.2, -0.15) is 0 Å². The van der Waals surface area contributed by atoms with E-state index in [1.54, 1.807) is 0 Å². The van der Waals surface area contributed by atoms with Crippen molar-refractivity contribution < 1.29 is 19.8 Å². The van der Waals surface area contributed by atoms with Crippen LogP contribution in [0, 0.1) is 27.1 Å². The Balaban J connectivity index is -0.000000156. The van der Waals surface area contributed by atoms with Crippen LogP contribution in [0.2, 0.25) is 0 Å². The van der Waals surface area contributed by atoms with E-state index in [9.17, 15) is 9.59 Å². The van der Waals surface area contributed by atoms with Crippen LogP contribution in [0.25, 0.3) is 0 Å². The van der Waals surface area contributed by atoms with Gasteiger partial charge in [0.2, 0.25) is 0 Å². The number of aliphatic carboxylic acids is 2. The molecule has 8 heteroatoms. The lowest BCUT2D eigenvalue weighted by Crippen LogP contribution is -2.28. The highest BCUT2D eigenvalue weighted by molar-refractivity contribution is 5.90. The SMILES string of the molecule is C=N.C=N.C=N.C=N.CC1(C(=O)O)C=CC=C(C(=O)O)C1. The molecule has 1 aliphatic carbocycles. The first-order chi connectivity index (χ1) is 9.96. The summed E-state index contributed by atoms with van der Waals surface area (Å²) >= 11 is 0. The van der Waals surface area contributed by atoms with Crippen LogP contribution in [-0.4, -0.2) is 49.0 Å². The smallest absolute Gasteiger partial charge is 0.331 e.